The van der Waals surface area contributed by atoms with Crippen LogP contribution in [0.25, 0.3) is 0 Å². The molecule has 1 unspecified atom stereocenters. The van der Waals surface area contributed by atoms with Gasteiger partial charge in [0.15, 0.2) is 12.3 Å². The van der Waals surface area contributed by atoms with Gasteiger partial charge in [-0.05, 0) is 6.08 Å². The predicted molar refractivity (Wildman–Crippen MR) is 40.5 cm³/mol. The van der Waals surface area contributed by atoms with Gasteiger partial charge in [0.1, 0.15) is 0 Å². The molecule has 0 N–H and O–H groups in total. The zero-order valence-electron chi connectivity index (χ0n) is 5.97. The summed E-state index contributed by atoms with van der Waals surface area (Å²) >= 11 is 0. The molecule has 0 saturated carbocycles. The van der Waals surface area contributed by atoms with Crippen molar-refractivity contribution in [3.63, 3.8) is 0 Å². The number of rotatable bonds is 2. The fourth-order valence-corrected chi connectivity index (χ4v) is 0.871. The van der Waals surface area contributed by atoms with Crippen LogP contribution in [-0.2, 0) is 4.79 Å². The molecule has 0 aromatic rings. The van der Waals surface area contributed by atoms with Gasteiger partial charge in [0.2, 0.25) is 0 Å². The molecule has 0 amide bonds. The third-order valence-electron chi connectivity index (χ3n) is 1.46. The fraction of sp³-hybridized carbons (Fsp3) is 0.250. The number of nitriles is 1. The highest BCUT2D eigenvalue weighted by atomic mass is 16.1. The largest absolute Gasteiger partial charge is 0.352 e. The number of carbonyl (C=O) groups is 1. The van der Waals surface area contributed by atoms with E-state index in [0.29, 0.717) is 12.8 Å². The predicted octanol–water partition coefficient (Wildman–Crippen LogP) is 0.463. The van der Waals surface area contributed by atoms with Gasteiger partial charge in [-0.2, -0.15) is 5.26 Å². The summed E-state index contributed by atoms with van der Waals surface area (Å²) in [6, 6.07) is 1.25. The summed E-state index contributed by atoms with van der Waals surface area (Å²) in [6.45, 7) is 0.632. The van der Waals surface area contributed by atoms with Gasteiger partial charge in [-0.15, -0.1) is 0 Å². The number of carbonyl (C=O) groups excluding carboxylic acids is 1. The summed E-state index contributed by atoms with van der Waals surface area (Å²) in [4.78, 5) is 12.0. The number of hydrogen-bond donors (Lipinski definition) is 0. The standard InChI is InChI=1S/C8H8N2O/c9-6-8(7-11)10-4-2-1-3-5-10/h1-4,7-8H,5H2. The van der Waals surface area contributed by atoms with Gasteiger partial charge in [-0.3, -0.25) is 4.79 Å². The maximum atomic E-state index is 10.3. The molecule has 0 bridgehead atoms. The zero-order chi connectivity index (χ0) is 8.10. The maximum Gasteiger partial charge on any atom is 0.172 e. The van der Waals surface area contributed by atoms with Crippen molar-refractivity contribution in [1.29, 1.82) is 5.26 Å². The van der Waals surface area contributed by atoms with E-state index in [-0.39, 0.29) is 0 Å². The molecule has 56 valence electrons. The Labute approximate surface area is 65.2 Å². The zero-order valence-corrected chi connectivity index (χ0v) is 5.97. The second-order valence-corrected chi connectivity index (χ2v) is 2.18. The van der Waals surface area contributed by atoms with Crippen molar-refractivity contribution in [2.45, 2.75) is 6.04 Å². The van der Waals surface area contributed by atoms with Gasteiger partial charge < -0.3 is 4.90 Å². The van der Waals surface area contributed by atoms with Crippen molar-refractivity contribution in [3.8, 4) is 6.07 Å². The summed E-state index contributed by atoms with van der Waals surface area (Å²) in [7, 11) is 0. The van der Waals surface area contributed by atoms with E-state index < -0.39 is 6.04 Å². The molecule has 1 aliphatic rings. The van der Waals surface area contributed by atoms with E-state index in [0.717, 1.165) is 0 Å². The van der Waals surface area contributed by atoms with Crippen molar-refractivity contribution in [3.05, 3.63) is 24.4 Å². The van der Waals surface area contributed by atoms with E-state index in [1.165, 1.54) is 0 Å². The average Bonchev–Trinajstić information content (AvgIpc) is 2.09. The lowest BCUT2D eigenvalue weighted by molar-refractivity contribution is -0.110. The van der Waals surface area contributed by atoms with E-state index >= 15 is 0 Å². The first-order valence-corrected chi connectivity index (χ1v) is 3.32. The maximum absolute atomic E-state index is 10.3. The fourth-order valence-electron chi connectivity index (χ4n) is 0.871. The van der Waals surface area contributed by atoms with Crippen molar-refractivity contribution in [1.82, 2.24) is 4.90 Å². The number of hydrogen-bond acceptors (Lipinski definition) is 3. The minimum absolute atomic E-state index is 0.632. The van der Waals surface area contributed by atoms with Crippen LogP contribution in [0.2, 0.25) is 0 Å². The smallest absolute Gasteiger partial charge is 0.172 e. The van der Waals surface area contributed by atoms with Gasteiger partial charge in [0, 0.05) is 12.7 Å². The Morgan fingerprint density at radius 2 is 2.45 bits per heavy atom. The van der Waals surface area contributed by atoms with Crippen molar-refractivity contribution < 1.29 is 4.79 Å². The Morgan fingerprint density at radius 3 is 2.91 bits per heavy atom. The normalized spacial score (nSPS) is 17.5. The van der Waals surface area contributed by atoms with Crippen LogP contribution in [0.4, 0.5) is 0 Å². The molecule has 1 aliphatic heterocycles. The monoisotopic (exact) mass is 148 g/mol. The summed E-state index contributed by atoms with van der Waals surface area (Å²) in [5, 5.41) is 8.50. The molecule has 1 heterocycles. The number of aldehydes is 1. The van der Waals surface area contributed by atoms with Crippen molar-refractivity contribution in [2.75, 3.05) is 6.54 Å². The summed E-state index contributed by atoms with van der Waals surface area (Å²) in [5.74, 6) is 0. The third kappa shape index (κ3) is 1.68. The highest BCUT2D eigenvalue weighted by Gasteiger charge is 2.12. The van der Waals surface area contributed by atoms with E-state index in [2.05, 4.69) is 0 Å². The van der Waals surface area contributed by atoms with Gasteiger partial charge in [0.25, 0.3) is 0 Å². The molecule has 0 aliphatic carbocycles. The molecule has 0 spiro atoms. The first kappa shape index (κ1) is 7.55. The molecule has 0 aromatic carbocycles. The van der Waals surface area contributed by atoms with Crippen LogP contribution in [0.5, 0.6) is 0 Å². The molecule has 1 rings (SSSR count). The van der Waals surface area contributed by atoms with Crippen LogP contribution in [-0.4, -0.2) is 23.8 Å². The van der Waals surface area contributed by atoms with E-state index in [1.54, 1.807) is 17.2 Å². The lowest BCUT2D eigenvalue weighted by Gasteiger charge is -2.21. The van der Waals surface area contributed by atoms with Crippen LogP contribution in [0.1, 0.15) is 0 Å². The summed E-state index contributed by atoms with van der Waals surface area (Å²) < 4.78 is 0. The second-order valence-electron chi connectivity index (χ2n) is 2.18. The molecular weight excluding hydrogens is 140 g/mol. The van der Waals surface area contributed by atoms with Gasteiger partial charge in [0.05, 0.1) is 6.07 Å². The third-order valence-corrected chi connectivity index (χ3v) is 1.46. The molecule has 0 aromatic heterocycles. The Bertz CT molecular complexity index is 237. The van der Waals surface area contributed by atoms with E-state index in [1.807, 2.05) is 18.2 Å². The van der Waals surface area contributed by atoms with E-state index in [9.17, 15) is 4.79 Å². The van der Waals surface area contributed by atoms with Crippen LogP contribution in [0.3, 0.4) is 0 Å². The summed E-state index contributed by atoms with van der Waals surface area (Å²) in [6.07, 6.45) is 7.96. The minimum atomic E-state index is -0.642. The lowest BCUT2D eigenvalue weighted by Crippen LogP contribution is -2.31. The van der Waals surface area contributed by atoms with E-state index in [4.69, 9.17) is 5.26 Å². The van der Waals surface area contributed by atoms with Crippen molar-refractivity contribution >= 4 is 6.29 Å². The SMILES string of the molecule is N#CC(C=O)N1C=CC=CC1. The first-order chi connectivity index (χ1) is 5.38. The molecule has 0 radical (unpaired) electrons. The topological polar surface area (TPSA) is 44.1 Å². The van der Waals surface area contributed by atoms with Crippen LogP contribution >= 0.6 is 0 Å². The highest BCUT2D eigenvalue weighted by Crippen LogP contribution is 2.01. The highest BCUT2D eigenvalue weighted by molar-refractivity contribution is 5.62. The number of allylic oxidation sites excluding steroid dienone is 2. The molecular formula is C8H8N2O. The van der Waals surface area contributed by atoms with Gasteiger partial charge in [-0.1, -0.05) is 12.2 Å². The van der Waals surface area contributed by atoms with Crippen LogP contribution in [0, 0.1) is 11.3 Å². The minimum Gasteiger partial charge on any atom is -0.352 e. The quantitative estimate of drug-likeness (QED) is 0.534. The Balaban J connectivity index is 2.61. The molecule has 11 heavy (non-hydrogen) atoms. The van der Waals surface area contributed by atoms with Crippen LogP contribution in [0.15, 0.2) is 24.4 Å². The Morgan fingerprint density at radius 1 is 1.64 bits per heavy atom. The average molecular weight is 148 g/mol. The molecule has 0 fully saturated rings. The number of nitrogens with zero attached hydrogens (tertiary/aromatic N) is 2. The van der Waals surface area contributed by atoms with Crippen LogP contribution < -0.4 is 0 Å². The first-order valence-electron chi connectivity index (χ1n) is 3.32. The Kier molecular flexibility index (Phi) is 2.45. The lowest BCUT2D eigenvalue weighted by atomic mass is 10.2. The second kappa shape index (κ2) is 3.57. The molecule has 3 nitrogen and oxygen atoms in total. The van der Waals surface area contributed by atoms with Crippen molar-refractivity contribution in [2.24, 2.45) is 0 Å². The Hall–Kier alpha value is -1.56. The molecule has 0 saturated heterocycles. The summed E-state index contributed by atoms with van der Waals surface area (Å²) in [5.41, 5.74) is 0. The van der Waals surface area contributed by atoms with Gasteiger partial charge >= 0.3 is 0 Å². The van der Waals surface area contributed by atoms with Gasteiger partial charge in [-0.25, -0.2) is 0 Å². The molecule has 1 atom stereocenters. The molecule has 3 heteroatoms.